The van der Waals surface area contributed by atoms with E-state index in [0.29, 0.717) is 17.6 Å². The topological polar surface area (TPSA) is 9.23 Å². The zero-order valence-corrected chi connectivity index (χ0v) is 7.64. The van der Waals surface area contributed by atoms with Crippen molar-refractivity contribution in [2.45, 2.75) is 20.8 Å². The van der Waals surface area contributed by atoms with Gasteiger partial charge in [0.05, 0.1) is 6.61 Å². The summed E-state index contributed by atoms with van der Waals surface area (Å²) in [5, 5.41) is 0.715. The largest absolute Gasteiger partial charge is 0.487 e. The van der Waals surface area contributed by atoms with Gasteiger partial charge in [-0.2, -0.15) is 0 Å². The number of thiocarbonyl (C=S) groups is 1. The van der Waals surface area contributed by atoms with Crippen molar-refractivity contribution in [2.75, 3.05) is 6.61 Å². The predicted molar refractivity (Wildman–Crippen MR) is 46.3 cm³/mol. The van der Waals surface area contributed by atoms with Crippen LogP contribution in [-0.4, -0.2) is 11.7 Å². The van der Waals surface area contributed by atoms with Gasteiger partial charge < -0.3 is 4.74 Å². The Morgan fingerprint density at radius 3 is 2.11 bits per heavy atom. The Bertz CT molecular complexity index is 83.1. The van der Waals surface area contributed by atoms with Gasteiger partial charge in [0.25, 0.3) is 0 Å². The number of hydrogen-bond acceptors (Lipinski definition) is 2. The molecule has 0 amide bonds. The highest BCUT2D eigenvalue weighted by Crippen LogP contribution is 1.97. The summed E-state index contributed by atoms with van der Waals surface area (Å²) < 4.78 is 5.03. The van der Waals surface area contributed by atoms with E-state index in [1.165, 1.54) is 0 Å². The average molecular weight is 169 g/mol. The molecular formula is C6H13ClOS. The first kappa shape index (κ1) is 11.9. The zero-order chi connectivity index (χ0) is 6.57. The summed E-state index contributed by atoms with van der Waals surface area (Å²) in [6.45, 7) is 6.68. The van der Waals surface area contributed by atoms with Gasteiger partial charge in [-0.05, 0) is 19.1 Å². The molecule has 0 rings (SSSR count). The molecular weight excluding hydrogens is 156 g/mol. The predicted octanol–water partition coefficient (Wildman–Crippen LogP) is 2.43. The summed E-state index contributed by atoms with van der Waals surface area (Å²) >= 11 is 4.85. The van der Waals surface area contributed by atoms with E-state index >= 15 is 0 Å². The van der Waals surface area contributed by atoms with Gasteiger partial charge in [0.2, 0.25) is 0 Å². The summed E-state index contributed by atoms with van der Waals surface area (Å²) in [6, 6.07) is 0. The van der Waals surface area contributed by atoms with Crippen LogP contribution in [0.1, 0.15) is 20.8 Å². The molecule has 0 aliphatic carbocycles. The van der Waals surface area contributed by atoms with Gasteiger partial charge in [-0.1, -0.05) is 13.8 Å². The molecule has 0 aromatic rings. The standard InChI is InChI=1S/C6H12OS.ClH/c1-4-7-6(8)5(2)3;/h5H,4H2,1-3H3;1H. The van der Waals surface area contributed by atoms with E-state index in [4.69, 9.17) is 17.0 Å². The number of rotatable bonds is 2. The molecule has 0 radical (unpaired) electrons. The fourth-order valence-electron chi connectivity index (χ4n) is 0.309. The lowest BCUT2D eigenvalue weighted by Crippen LogP contribution is -2.08. The number of ether oxygens (including phenoxy) is 1. The Hall–Kier alpha value is 0.180. The first-order valence-electron chi connectivity index (χ1n) is 2.85. The zero-order valence-electron chi connectivity index (χ0n) is 6.01. The van der Waals surface area contributed by atoms with Crippen LogP contribution < -0.4 is 0 Å². The van der Waals surface area contributed by atoms with Crippen LogP contribution in [0.25, 0.3) is 0 Å². The number of halogens is 1. The fraction of sp³-hybridized carbons (Fsp3) is 0.833. The highest BCUT2D eigenvalue weighted by Gasteiger charge is 1.99. The molecule has 9 heavy (non-hydrogen) atoms. The maximum atomic E-state index is 5.03. The van der Waals surface area contributed by atoms with Crippen LogP contribution in [0.15, 0.2) is 0 Å². The molecule has 0 bridgehead atoms. The van der Waals surface area contributed by atoms with Crippen LogP contribution in [-0.2, 0) is 4.74 Å². The fourth-order valence-corrected chi connectivity index (χ4v) is 0.427. The van der Waals surface area contributed by atoms with Crippen LogP contribution in [0, 0.1) is 5.92 Å². The molecule has 0 aliphatic heterocycles. The van der Waals surface area contributed by atoms with Crippen molar-refractivity contribution in [3.05, 3.63) is 0 Å². The Morgan fingerprint density at radius 1 is 1.56 bits per heavy atom. The van der Waals surface area contributed by atoms with E-state index in [-0.39, 0.29) is 12.4 Å². The van der Waals surface area contributed by atoms with Crippen LogP contribution >= 0.6 is 24.6 Å². The normalized spacial score (nSPS) is 8.44. The van der Waals surface area contributed by atoms with Crippen molar-refractivity contribution >= 4 is 29.7 Å². The average Bonchev–Trinajstić information content (AvgIpc) is 1.67. The van der Waals surface area contributed by atoms with E-state index in [0.717, 1.165) is 0 Å². The molecule has 56 valence electrons. The van der Waals surface area contributed by atoms with Crippen molar-refractivity contribution in [2.24, 2.45) is 5.92 Å². The first-order chi connectivity index (χ1) is 3.68. The molecule has 3 heteroatoms. The van der Waals surface area contributed by atoms with Crippen LogP contribution in [0.2, 0.25) is 0 Å². The minimum Gasteiger partial charge on any atom is -0.487 e. The van der Waals surface area contributed by atoms with Gasteiger partial charge in [-0.25, -0.2) is 0 Å². The van der Waals surface area contributed by atoms with Crippen molar-refractivity contribution in [1.82, 2.24) is 0 Å². The third-order valence-corrected chi connectivity index (χ3v) is 1.35. The molecule has 0 saturated heterocycles. The second-order valence-electron chi connectivity index (χ2n) is 1.91. The van der Waals surface area contributed by atoms with Gasteiger partial charge >= 0.3 is 0 Å². The van der Waals surface area contributed by atoms with E-state index in [2.05, 4.69) is 0 Å². The van der Waals surface area contributed by atoms with Crippen LogP contribution in [0.5, 0.6) is 0 Å². The summed E-state index contributed by atoms with van der Waals surface area (Å²) in [5.41, 5.74) is 0. The Balaban J connectivity index is 0. The summed E-state index contributed by atoms with van der Waals surface area (Å²) in [7, 11) is 0. The molecule has 0 spiro atoms. The van der Waals surface area contributed by atoms with E-state index in [1.807, 2.05) is 20.8 Å². The smallest absolute Gasteiger partial charge is 0.162 e. The van der Waals surface area contributed by atoms with Crippen molar-refractivity contribution in [3.63, 3.8) is 0 Å². The second kappa shape index (κ2) is 6.30. The monoisotopic (exact) mass is 168 g/mol. The summed E-state index contributed by atoms with van der Waals surface area (Å²) in [5.74, 6) is 0.380. The van der Waals surface area contributed by atoms with E-state index < -0.39 is 0 Å². The molecule has 0 fully saturated rings. The highest BCUT2D eigenvalue weighted by atomic mass is 35.5. The van der Waals surface area contributed by atoms with Crippen molar-refractivity contribution < 1.29 is 4.74 Å². The van der Waals surface area contributed by atoms with E-state index in [1.54, 1.807) is 0 Å². The Kier molecular flexibility index (Phi) is 8.34. The van der Waals surface area contributed by atoms with Crippen molar-refractivity contribution in [1.29, 1.82) is 0 Å². The molecule has 1 nitrogen and oxygen atoms in total. The quantitative estimate of drug-likeness (QED) is 0.586. The Morgan fingerprint density at radius 2 is 2.00 bits per heavy atom. The molecule has 0 aromatic heterocycles. The molecule has 0 aromatic carbocycles. The third-order valence-electron chi connectivity index (χ3n) is 0.758. The lowest BCUT2D eigenvalue weighted by Gasteiger charge is -2.05. The van der Waals surface area contributed by atoms with Gasteiger partial charge in [-0.15, -0.1) is 12.4 Å². The SMILES string of the molecule is CCOC(=S)C(C)C.Cl. The lowest BCUT2D eigenvalue weighted by atomic mass is 10.2. The maximum absolute atomic E-state index is 5.03. The third kappa shape index (κ3) is 6.06. The summed E-state index contributed by atoms with van der Waals surface area (Å²) in [6.07, 6.45) is 0. The first-order valence-corrected chi connectivity index (χ1v) is 3.26. The molecule has 0 atom stereocenters. The van der Waals surface area contributed by atoms with Gasteiger partial charge in [0.1, 0.15) is 0 Å². The molecule has 0 heterocycles. The molecule has 0 N–H and O–H groups in total. The molecule has 0 saturated carbocycles. The van der Waals surface area contributed by atoms with Gasteiger partial charge in [0, 0.05) is 5.92 Å². The van der Waals surface area contributed by atoms with Crippen molar-refractivity contribution in [3.8, 4) is 0 Å². The van der Waals surface area contributed by atoms with Gasteiger partial charge in [-0.3, -0.25) is 0 Å². The minimum atomic E-state index is 0. The summed E-state index contributed by atoms with van der Waals surface area (Å²) in [4.78, 5) is 0. The van der Waals surface area contributed by atoms with Gasteiger partial charge in [0.15, 0.2) is 5.05 Å². The minimum absolute atomic E-state index is 0. The maximum Gasteiger partial charge on any atom is 0.162 e. The Labute approximate surface area is 68.2 Å². The molecule has 0 aliphatic rings. The van der Waals surface area contributed by atoms with E-state index in [9.17, 15) is 0 Å². The second-order valence-corrected chi connectivity index (χ2v) is 2.31. The molecule has 0 unspecified atom stereocenters. The lowest BCUT2D eigenvalue weighted by molar-refractivity contribution is 0.317. The number of hydrogen-bond donors (Lipinski definition) is 0. The van der Waals surface area contributed by atoms with Crippen LogP contribution in [0.3, 0.4) is 0 Å². The van der Waals surface area contributed by atoms with Crippen LogP contribution in [0.4, 0.5) is 0 Å². The highest BCUT2D eigenvalue weighted by molar-refractivity contribution is 7.80.